The zero-order valence-corrected chi connectivity index (χ0v) is 11.5. The standard InChI is InChI=1S/C12H20NO3P/c1-4-17(5-2,6-3,16-13(14)15)12-10-8-7-9-11-12/h7-11H,4-6H2,1-3H3. The van der Waals surface area contributed by atoms with Crippen LogP contribution in [0.4, 0.5) is 0 Å². The molecule has 0 aliphatic heterocycles. The van der Waals surface area contributed by atoms with Gasteiger partial charge < -0.3 is 0 Å². The molecule has 0 radical (unpaired) electrons. The van der Waals surface area contributed by atoms with Crippen molar-refractivity contribution < 1.29 is 9.71 Å². The van der Waals surface area contributed by atoms with Crippen LogP contribution in [0, 0.1) is 10.1 Å². The van der Waals surface area contributed by atoms with Crippen LogP contribution in [-0.2, 0) is 4.62 Å². The van der Waals surface area contributed by atoms with Gasteiger partial charge in [0, 0.05) is 0 Å². The van der Waals surface area contributed by atoms with E-state index in [9.17, 15) is 10.1 Å². The molecule has 0 saturated carbocycles. The van der Waals surface area contributed by atoms with Crippen LogP contribution in [0.3, 0.4) is 0 Å². The molecule has 1 aromatic rings. The van der Waals surface area contributed by atoms with Crippen LogP contribution in [0.1, 0.15) is 20.8 Å². The van der Waals surface area contributed by atoms with Crippen LogP contribution in [0.15, 0.2) is 30.3 Å². The van der Waals surface area contributed by atoms with Crippen molar-refractivity contribution >= 4 is 12.1 Å². The molecule has 0 atom stereocenters. The van der Waals surface area contributed by atoms with Crippen LogP contribution in [0.2, 0.25) is 0 Å². The number of nitrogens with zero attached hydrogens (tertiary/aromatic N) is 1. The van der Waals surface area contributed by atoms with Crippen LogP contribution < -0.4 is 5.30 Å². The number of hydrogen-bond acceptors (Lipinski definition) is 3. The summed E-state index contributed by atoms with van der Waals surface area (Å²) >= 11 is 0. The third-order valence-electron chi connectivity index (χ3n) is 3.89. The van der Waals surface area contributed by atoms with Crippen molar-refractivity contribution in [2.45, 2.75) is 20.8 Å². The summed E-state index contributed by atoms with van der Waals surface area (Å²) in [6.45, 7) is 3.07. The minimum absolute atomic E-state index is 0.610. The molecular weight excluding hydrogens is 237 g/mol. The first-order valence-corrected chi connectivity index (χ1v) is 8.64. The summed E-state index contributed by atoms with van der Waals surface area (Å²) in [7, 11) is 0. The summed E-state index contributed by atoms with van der Waals surface area (Å²) in [4.78, 5) is 10.9. The van der Waals surface area contributed by atoms with E-state index in [2.05, 4.69) is 0 Å². The van der Waals surface area contributed by atoms with Gasteiger partial charge in [0.05, 0.1) is 0 Å². The second-order valence-electron chi connectivity index (χ2n) is 4.21. The average molecular weight is 257 g/mol. The number of hydrogen-bond donors (Lipinski definition) is 0. The van der Waals surface area contributed by atoms with Crippen LogP contribution in [0.25, 0.3) is 0 Å². The quantitative estimate of drug-likeness (QED) is 0.447. The van der Waals surface area contributed by atoms with E-state index < -0.39 is 11.9 Å². The molecule has 17 heavy (non-hydrogen) atoms. The second kappa shape index (κ2) is 5.01. The van der Waals surface area contributed by atoms with Gasteiger partial charge in [-0.25, -0.2) is 0 Å². The van der Waals surface area contributed by atoms with Gasteiger partial charge in [-0.2, -0.15) is 0 Å². The van der Waals surface area contributed by atoms with E-state index in [0.29, 0.717) is 18.5 Å². The monoisotopic (exact) mass is 257 g/mol. The van der Waals surface area contributed by atoms with Gasteiger partial charge in [-0.05, 0) is 0 Å². The minimum atomic E-state index is -2.89. The van der Waals surface area contributed by atoms with Crippen LogP contribution in [-0.4, -0.2) is 23.6 Å². The molecule has 1 aromatic carbocycles. The molecule has 0 aliphatic rings. The Kier molecular flexibility index (Phi) is 4.10. The first kappa shape index (κ1) is 13.9. The molecule has 0 aliphatic carbocycles. The molecule has 0 amide bonds. The second-order valence-corrected chi connectivity index (χ2v) is 10.0. The Morgan fingerprint density at radius 1 is 1.12 bits per heavy atom. The molecular formula is C12H20NO3P. The molecule has 0 heterocycles. The fourth-order valence-electron chi connectivity index (χ4n) is 2.42. The van der Waals surface area contributed by atoms with Gasteiger partial charge in [-0.3, -0.25) is 0 Å². The molecule has 5 heteroatoms. The third-order valence-corrected chi connectivity index (χ3v) is 10.5. The van der Waals surface area contributed by atoms with Crippen molar-refractivity contribution in [2.75, 3.05) is 18.5 Å². The van der Waals surface area contributed by atoms with Gasteiger partial charge in [-0.1, -0.05) is 0 Å². The van der Waals surface area contributed by atoms with Gasteiger partial charge in [0.25, 0.3) is 0 Å². The maximum absolute atomic E-state index is 10.9. The van der Waals surface area contributed by atoms with Gasteiger partial charge in [0.2, 0.25) is 0 Å². The number of benzene rings is 1. The summed E-state index contributed by atoms with van der Waals surface area (Å²) in [5.41, 5.74) is 0. The van der Waals surface area contributed by atoms with E-state index >= 15 is 0 Å². The Hall–Kier alpha value is -1.15. The fraction of sp³-hybridized carbons (Fsp3) is 0.500. The Morgan fingerprint density at radius 2 is 1.59 bits per heavy atom. The summed E-state index contributed by atoms with van der Waals surface area (Å²) in [5, 5.41) is 11.3. The third kappa shape index (κ3) is 2.27. The fourth-order valence-corrected chi connectivity index (χ4v) is 6.57. The first-order chi connectivity index (χ1) is 8.02. The van der Waals surface area contributed by atoms with E-state index in [-0.39, 0.29) is 0 Å². The van der Waals surface area contributed by atoms with Crippen molar-refractivity contribution in [2.24, 2.45) is 0 Å². The summed E-state index contributed by atoms with van der Waals surface area (Å²) in [6, 6.07) is 9.67. The summed E-state index contributed by atoms with van der Waals surface area (Å²) in [6.07, 6.45) is 2.09. The Bertz CT molecular complexity index is 379. The molecule has 0 fully saturated rings. The molecule has 0 aromatic heterocycles. The van der Waals surface area contributed by atoms with E-state index in [1.807, 2.05) is 51.1 Å². The molecule has 0 saturated heterocycles. The topological polar surface area (TPSA) is 52.4 Å². The number of rotatable bonds is 6. The van der Waals surface area contributed by atoms with E-state index in [1.54, 1.807) is 0 Å². The summed E-state index contributed by atoms with van der Waals surface area (Å²) < 4.78 is 5.31. The molecule has 0 bridgehead atoms. The molecule has 0 N–H and O–H groups in total. The van der Waals surface area contributed by atoms with Crippen molar-refractivity contribution in [1.29, 1.82) is 0 Å². The van der Waals surface area contributed by atoms with Crippen molar-refractivity contribution in [1.82, 2.24) is 0 Å². The van der Waals surface area contributed by atoms with E-state index in [0.717, 1.165) is 5.30 Å². The van der Waals surface area contributed by atoms with Gasteiger partial charge in [0.1, 0.15) is 0 Å². The Balaban J connectivity index is 3.40. The van der Waals surface area contributed by atoms with E-state index in [1.165, 1.54) is 0 Å². The van der Waals surface area contributed by atoms with E-state index in [4.69, 9.17) is 4.62 Å². The van der Waals surface area contributed by atoms with Crippen molar-refractivity contribution in [3.63, 3.8) is 0 Å². The van der Waals surface area contributed by atoms with Gasteiger partial charge in [-0.15, -0.1) is 0 Å². The average Bonchev–Trinajstić information content (AvgIpc) is 2.37. The predicted molar refractivity (Wildman–Crippen MR) is 72.7 cm³/mol. The first-order valence-electron chi connectivity index (χ1n) is 5.93. The predicted octanol–water partition coefficient (Wildman–Crippen LogP) is 3.05. The van der Waals surface area contributed by atoms with Gasteiger partial charge in [0.15, 0.2) is 0 Å². The Labute approximate surface area is 102 Å². The zero-order valence-electron chi connectivity index (χ0n) is 10.6. The molecule has 0 unspecified atom stereocenters. The SMILES string of the molecule is CCP(CC)(CC)(O[N+](=O)[O-])c1ccccc1. The normalized spacial score (nSPS) is 13.7. The maximum atomic E-state index is 10.9. The van der Waals surface area contributed by atoms with Crippen molar-refractivity contribution in [3.05, 3.63) is 40.4 Å². The molecule has 1 rings (SSSR count). The molecule has 96 valence electrons. The van der Waals surface area contributed by atoms with Gasteiger partial charge >= 0.3 is 102 Å². The zero-order chi connectivity index (χ0) is 13.0. The summed E-state index contributed by atoms with van der Waals surface area (Å²) in [5.74, 6) is 0. The molecule has 4 nitrogen and oxygen atoms in total. The Morgan fingerprint density at radius 3 is 1.94 bits per heavy atom. The molecule has 0 spiro atoms. The van der Waals surface area contributed by atoms with Crippen LogP contribution in [0.5, 0.6) is 0 Å². The van der Waals surface area contributed by atoms with Crippen molar-refractivity contribution in [3.8, 4) is 0 Å². The van der Waals surface area contributed by atoms with Crippen LogP contribution >= 0.6 is 6.83 Å².